The number of nitrogens with two attached hydrogens (primary N) is 1. The molecule has 0 unspecified atom stereocenters. The Balaban J connectivity index is 1.95. The molecule has 0 atom stereocenters. The highest BCUT2D eigenvalue weighted by Gasteiger charge is 2.14. The first-order chi connectivity index (χ1) is 9.99. The summed E-state index contributed by atoms with van der Waals surface area (Å²) in [6.45, 7) is 0.334. The average molecular weight is 324 g/mol. The summed E-state index contributed by atoms with van der Waals surface area (Å²) in [5.41, 5.74) is 6.04. The topological polar surface area (TPSA) is 101 Å². The minimum atomic E-state index is -3.55. The van der Waals surface area contributed by atoms with Crippen LogP contribution in [0.15, 0.2) is 41.6 Å². The van der Waals surface area contributed by atoms with Gasteiger partial charge in [-0.2, -0.15) is 0 Å². The van der Waals surface area contributed by atoms with Crippen LogP contribution in [0.3, 0.4) is 0 Å². The van der Waals surface area contributed by atoms with Gasteiger partial charge in [0.2, 0.25) is 10.0 Å². The molecule has 0 aliphatic rings. The minimum absolute atomic E-state index is 0.158. The highest BCUT2D eigenvalue weighted by atomic mass is 32.2. The Labute approximate surface area is 128 Å². The molecule has 0 radical (unpaired) electrons. The molecule has 6 nitrogen and oxygen atoms in total. The zero-order chi connectivity index (χ0) is 15.3. The number of rotatable bonds is 7. The molecule has 4 N–H and O–H groups in total. The van der Waals surface area contributed by atoms with Crippen molar-refractivity contribution >= 4 is 27.2 Å². The fraction of sp³-hybridized carbons (Fsp3) is 0.231. The van der Waals surface area contributed by atoms with E-state index in [1.165, 1.54) is 12.1 Å². The maximum absolute atomic E-state index is 12.1. The third-order valence-electron chi connectivity index (χ3n) is 2.87. The second-order valence-corrected chi connectivity index (χ2v) is 6.64. The van der Waals surface area contributed by atoms with Crippen molar-refractivity contribution in [3.8, 4) is 0 Å². The van der Waals surface area contributed by atoms with Crippen molar-refractivity contribution in [2.75, 3.05) is 6.54 Å². The van der Waals surface area contributed by atoms with E-state index < -0.39 is 10.0 Å². The molecule has 1 heterocycles. The smallest absolute Gasteiger partial charge is 0.240 e. The molecule has 2 rings (SSSR count). The second-order valence-electron chi connectivity index (χ2n) is 4.43. The molecule has 0 fully saturated rings. The van der Waals surface area contributed by atoms with E-state index in [0.29, 0.717) is 24.9 Å². The van der Waals surface area contributed by atoms with Crippen LogP contribution in [0.2, 0.25) is 0 Å². The Bertz CT molecular complexity index is 712. The number of aromatic nitrogens is 2. The lowest BCUT2D eigenvalue weighted by Gasteiger charge is -2.07. The van der Waals surface area contributed by atoms with Gasteiger partial charge < -0.3 is 10.7 Å². The fourth-order valence-electron chi connectivity index (χ4n) is 1.80. The van der Waals surface area contributed by atoms with E-state index in [2.05, 4.69) is 14.7 Å². The molecule has 0 amide bonds. The van der Waals surface area contributed by atoms with Crippen molar-refractivity contribution in [2.24, 2.45) is 5.73 Å². The third-order valence-corrected chi connectivity index (χ3v) is 4.56. The van der Waals surface area contributed by atoms with Crippen LogP contribution in [0.1, 0.15) is 17.8 Å². The van der Waals surface area contributed by atoms with Crippen LogP contribution in [0.25, 0.3) is 0 Å². The summed E-state index contributed by atoms with van der Waals surface area (Å²) in [7, 11) is -3.55. The van der Waals surface area contributed by atoms with Gasteiger partial charge in [0, 0.05) is 30.9 Å². The van der Waals surface area contributed by atoms with Gasteiger partial charge in [-0.1, -0.05) is 24.4 Å². The number of aryl methyl sites for hydroxylation is 1. The Kier molecular flexibility index (Phi) is 5.05. The van der Waals surface area contributed by atoms with Crippen molar-refractivity contribution in [2.45, 2.75) is 17.7 Å². The predicted molar refractivity (Wildman–Crippen MR) is 84.4 cm³/mol. The summed E-state index contributed by atoms with van der Waals surface area (Å²) in [4.78, 5) is 7.38. The van der Waals surface area contributed by atoms with Crippen molar-refractivity contribution in [3.05, 3.63) is 48.0 Å². The largest absolute Gasteiger partial charge is 0.389 e. The zero-order valence-electron chi connectivity index (χ0n) is 11.2. The van der Waals surface area contributed by atoms with Crippen LogP contribution in [0.4, 0.5) is 0 Å². The molecule has 0 bridgehead atoms. The Hall–Kier alpha value is -1.77. The number of benzene rings is 1. The van der Waals surface area contributed by atoms with Crippen LogP contribution in [-0.4, -0.2) is 29.9 Å². The Morgan fingerprint density at radius 1 is 1.43 bits per heavy atom. The van der Waals surface area contributed by atoms with E-state index in [9.17, 15) is 8.42 Å². The van der Waals surface area contributed by atoms with Crippen molar-refractivity contribution < 1.29 is 8.42 Å². The van der Waals surface area contributed by atoms with Crippen molar-refractivity contribution in [1.82, 2.24) is 14.7 Å². The number of nitrogens with zero attached hydrogens (tertiary/aromatic N) is 1. The first-order valence-corrected chi connectivity index (χ1v) is 8.26. The van der Waals surface area contributed by atoms with E-state index in [0.717, 1.165) is 5.82 Å². The van der Waals surface area contributed by atoms with E-state index in [-0.39, 0.29) is 9.88 Å². The maximum Gasteiger partial charge on any atom is 0.240 e. The van der Waals surface area contributed by atoms with Crippen LogP contribution in [0, 0.1) is 0 Å². The molecule has 0 saturated carbocycles. The molecule has 1 aromatic heterocycles. The number of sulfonamides is 1. The van der Waals surface area contributed by atoms with Gasteiger partial charge in [0.05, 0.1) is 4.90 Å². The number of H-pyrrole nitrogens is 1. The van der Waals surface area contributed by atoms with Gasteiger partial charge in [-0.3, -0.25) is 0 Å². The van der Waals surface area contributed by atoms with Crippen LogP contribution in [0.5, 0.6) is 0 Å². The molecule has 112 valence electrons. The SMILES string of the molecule is NC(=S)c1cccc(S(=O)(=O)NCCCc2ncc[nH]2)c1. The summed E-state index contributed by atoms with van der Waals surface area (Å²) >= 11 is 4.85. The van der Waals surface area contributed by atoms with Gasteiger partial charge in [-0.15, -0.1) is 0 Å². The molecule has 0 aliphatic heterocycles. The molecule has 0 aliphatic carbocycles. The van der Waals surface area contributed by atoms with Gasteiger partial charge in [-0.05, 0) is 18.6 Å². The molecular weight excluding hydrogens is 308 g/mol. The number of nitrogens with one attached hydrogen (secondary N) is 2. The van der Waals surface area contributed by atoms with Gasteiger partial charge in [-0.25, -0.2) is 18.1 Å². The van der Waals surface area contributed by atoms with E-state index in [1.807, 2.05) is 0 Å². The van der Waals surface area contributed by atoms with Crippen molar-refractivity contribution in [1.29, 1.82) is 0 Å². The molecule has 8 heteroatoms. The van der Waals surface area contributed by atoms with E-state index in [1.54, 1.807) is 24.5 Å². The lowest BCUT2D eigenvalue weighted by atomic mass is 10.2. The maximum atomic E-state index is 12.1. The molecular formula is C13H16N4O2S2. The predicted octanol–water partition coefficient (Wildman–Crippen LogP) is 0.955. The van der Waals surface area contributed by atoms with Gasteiger partial charge in [0.15, 0.2) is 0 Å². The molecule has 21 heavy (non-hydrogen) atoms. The summed E-state index contributed by atoms with van der Waals surface area (Å²) in [6.07, 6.45) is 4.74. The van der Waals surface area contributed by atoms with Crippen LogP contribution in [-0.2, 0) is 16.4 Å². The quantitative estimate of drug-likeness (QED) is 0.520. The summed E-state index contributed by atoms with van der Waals surface area (Å²) < 4.78 is 26.8. The van der Waals surface area contributed by atoms with Gasteiger partial charge in [0.25, 0.3) is 0 Å². The van der Waals surface area contributed by atoms with Gasteiger partial charge >= 0.3 is 0 Å². The van der Waals surface area contributed by atoms with Gasteiger partial charge in [0.1, 0.15) is 10.8 Å². The first kappa shape index (κ1) is 15.6. The number of hydrogen-bond acceptors (Lipinski definition) is 4. The first-order valence-electron chi connectivity index (χ1n) is 6.37. The third kappa shape index (κ3) is 4.35. The minimum Gasteiger partial charge on any atom is -0.389 e. The van der Waals surface area contributed by atoms with Crippen LogP contribution < -0.4 is 10.5 Å². The molecule has 2 aromatic rings. The number of thiocarbonyl (C=S) groups is 1. The lowest BCUT2D eigenvalue weighted by molar-refractivity contribution is 0.578. The number of aromatic amines is 1. The number of imidazole rings is 1. The lowest BCUT2D eigenvalue weighted by Crippen LogP contribution is -2.25. The molecule has 0 saturated heterocycles. The highest BCUT2D eigenvalue weighted by molar-refractivity contribution is 7.89. The monoisotopic (exact) mass is 324 g/mol. The average Bonchev–Trinajstić information content (AvgIpc) is 2.97. The van der Waals surface area contributed by atoms with Crippen molar-refractivity contribution in [3.63, 3.8) is 0 Å². The standard InChI is InChI=1S/C13H16N4O2S2/c14-13(20)10-3-1-4-11(9-10)21(18,19)17-6-2-5-12-15-7-8-16-12/h1,3-4,7-9,17H,2,5-6H2,(H2,14,20)(H,15,16). The Morgan fingerprint density at radius 2 is 2.24 bits per heavy atom. The Morgan fingerprint density at radius 3 is 2.90 bits per heavy atom. The van der Waals surface area contributed by atoms with E-state index >= 15 is 0 Å². The molecule has 1 aromatic carbocycles. The zero-order valence-corrected chi connectivity index (χ0v) is 12.9. The summed E-state index contributed by atoms with van der Waals surface area (Å²) in [6, 6.07) is 6.28. The summed E-state index contributed by atoms with van der Waals surface area (Å²) in [5.74, 6) is 0.838. The van der Waals surface area contributed by atoms with Crippen LogP contribution >= 0.6 is 12.2 Å². The summed E-state index contributed by atoms with van der Waals surface area (Å²) in [5, 5.41) is 0. The van der Waals surface area contributed by atoms with E-state index in [4.69, 9.17) is 18.0 Å². The second kappa shape index (κ2) is 6.79. The number of hydrogen-bond donors (Lipinski definition) is 3. The highest BCUT2D eigenvalue weighted by Crippen LogP contribution is 2.11. The normalized spacial score (nSPS) is 11.4. The molecule has 0 spiro atoms. The fourth-order valence-corrected chi connectivity index (χ4v) is 3.04.